The zero-order valence-electron chi connectivity index (χ0n) is 17.8. The van der Waals surface area contributed by atoms with Crippen molar-refractivity contribution in [2.24, 2.45) is 11.3 Å². The highest BCUT2D eigenvalue weighted by Gasteiger charge is 2.37. The summed E-state index contributed by atoms with van der Waals surface area (Å²) in [6, 6.07) is 1.85. The van der Waals surface area contributed by atoms with Crippen LogP contribution in [0.1, 0.15) is 51.4 Å². The van der Waals surface area contributed by atoms with Gasteiger partial charge in [-0.1, -0.05) is 30.9 Å². The molecule has 1 aliphatic heterocycles. The van der Waals surface area contributed by atoms with Gasteiger partial charge in [-0.05, 0) is 38.0 Å². The molecule has 2 saturated carbocycles. The summed E-state index contributed by atoms with van der Waals surface area (Å²) in [5, 5.41) is 16.3. The van der Waals surface area contributed by atoms with E-state index < -0.39 is 9.84 Å². The molecule has 1 N–H and O–H groups in total. The van der Waals surface area contributed by atoms with Gasteiger partial charge in [0.2, 0.25) is 0 Å². The van der Waals surface area contributed by atoms with Crippen molar-refractivity contribution in [2.75, 3.05) is 30.3 Å². The normalized spacial score (nSPS) is 24.2. The maximum absolute atomic E-state index is 12.6. The number of pyridine rings is 1. The Morgan fingerprint density at radius 3 is 2.65 bits per heavy atom. The highest BCUT2D eigenvalue weighted by Crippen LogP contribution is 2.41. The molecule has 3 fully saturated rings. The summed E-state index contributed by atoms with van der Waals surface area (Å²) in [5.74, 6) is 1.28. The van der Waals surface area contributed by atoms with Crippen molar-refractivity contribution < 1.29 is 13.5 Å². The fraction of sp³-hybridized carbons (Fsp3) is 0.727. The number of nitrogens with zero attached hydrogens (tertiary/aromatic N) is 4. The number of aliphatic hydroxyl groups excluding tert-OH is 1. The largest absolute Gasteiger partial charge is 0.396 e. The van der Waals surface area contributed by atoms with Gasteiger partial charge >= 0.3 is 0 Å². The summed E-state index contributed by atoms with van der Waals surface area (Å²) in [6.07, 6.45) is 9.61. The zero-order valence-corrected chi connectivity index (χ0v) is 19.4. The number of hydrogen-bond donors (Lipinski definition) is 1. The average Bonchev–Trinajstić information content (AvgIpc) is 3.40. The van der Waals surface area contributed by atoms with Gasteiger partial charge < -0.3 is 10.0 Å². The number of halogens is 1. The van der Waals surface area contributed by atoms with Crippen LogP contribution in [0.25, 0.3) is 10.9 Å². The Morgan fingerprint density at radius 2 is 1.97 bits per heavy atom. The fourth-order valence-electron chi connectivity index (χ4n) is 5.55. The molecule has 2 aliphatic carbocycles. The summed E-state index contributed by atoms with van der Waals surface area (Å²) >= 11 is 6.21. The third-order valence-corrected chi connectivity index (χ3v) is 10.3. The van der Waals surface area contributed by atoms with E-state index in [1.807, 2.05) is 10.7 Å². The molecule has 0 aromatic carbocycles. The minimum atomic E-state index is -2.99. The van der Waals surface area contributed by atoms with Crippen molar-refractivity contribution in [1.82, 2.24) is 14.8 Å². The lowest BCUT2D eigenvalue weighted by Gasteiger charge is -2.26. The van der Waals surface area contributed by atoms with Gasteiger partial charge in [0.05, 0.1) is 28.5 Å². The van der Waals surface area contributed by atoms with E-state index in [4.69, 9.17) is 16.7 Å². The first-order valence-electron chi connectivity index (χ1n) is 11.5. The zero-order chi connectivity index (χ0) is 21.6. The Hall–Kier alpha value is -1.38. The van der Waals surface area contributed by atoms with Crippen LogP contribution in [0.2, 0.25) is 5.15 Å². The molecule has 0 amide bonds. The first-order valence-corrected chi connectivity index (χ1v) is 13.6. The predicted molar refractivity (Wildman–Crippen MR) is 122 cm³/mol. The van der Waals surface area contributed by atoms with Gasteiger partial charge in [-0.2, -0.15) is 5.10 Å². The second-order valence-corrected chi connectivity index (χ2v) is 12.6. The second kappa shape index (κ2) is 8.19. The molecule has 0 unspecified atom stereocenters. The molecule has 3 aliphatic rings. The molecule has 31 heavy (non-hydrogen) atoms. The number of hydrogen-bond acceptors (Lipinski definition) is 6. The van der Waals surface area contributed by atoms with Crippen LogP contribution in [0.4, 0.5) is 5.82 Å². The third-order valence-electron chi connectivity index (χ3n) is 7.68. The lowest BCUT2D eigenvalue weighted by molar-refractivity contribution is 0.109. The summed E-state index contributed by atoms with van der Waals surface area (Å²) in [4.78, 5) is 6.49. The fourth-order valence-corrected chi connectivity index (χ4v) is 7.95. The first-order chi connectivity index (χ1) is 14.9. The minimum absolute atomic E-state index is 0.117. The van der Waals surface area contributed by atoms with E-state index in [1.165, 1.54) is 0 Å². The Labute approximate surface area is 188 Å². The van der Waals surface area contributed by atoms with E-state index in [9.17, 15) is 13.5 Å². The Morgan fingerprint density at radius 1 is 1.19 bits per heavy atom. The van der Waals surface area contributed by atoms with Crippen LogP contribution in [0.15, 0.2) is 12.3 Å². The van der Waals surface area contributed by atoms with Gasteiger partial charge in [0, 0.05) is 37.3 Å². The lowest BCUT2D eigenvalue weighted by Crippen LogP contribution is -2.33. The molecule has 5 rings (SSSR count). The Kier molecular flexibility index (Phi) is 5.67. The van der Waals surface area contributed by atoms with Crippen molar-refractivity contribution in [3.05, 3.63) is 17.4 Å². The highest BCUT2D eigenvalue weighted by molar-refractivity contribution is 7.92. The SMILES string of the molecule is O=S(=O)(C[C@H]1CCN(c2nn(CC3(CO)CCCC3)c3cc(Cl)ncc23)C1)C1CCC1. The van der Waals surface area contributed by atoms with Crippen LogP contribution < -0.4 is 4.90 Å². The molecule has 7 nitrogen and oxygen atoms in total. The topological polar surface area (TPSA) is 88.3 Å². The standard InChI is InChI=1S/C22H31ClN4O3S/c23-20-10-19-18(11-24-20)21(25-27(19)14-22(15-28)7-1-2-8-22)26-9-6-16(12-26)13-31(29,30)17-4-3-5-17/h10-11,16-17,28H,1-9,12-15H2/t16-/m0/s1. The van der Waals surface area contributed by atoms with Crippen LogP contribution in [0.5, 0.6) is 0 Å². The summed E-state index contributed by atoms with van der Waals surface area (Å²) in [5.41, 5.74) is 0.802. The average molecular weight is 467 g/mol. The summed E-state index contributed by atoms with van der Waals surface area (Å²) in [6.45, 7) is 2.32. The predicted octanol–water partition coefficient (Wildman–Crippen LogP) is 3.43. The van der Waals surface area contributed by atoms with Crippen LogP contribution in [0, 0.1) is 11.3 Å². The molecule has 170 valence electrons. The second-order valence-electron chi connectivity index (χ2n) is 9.85. The molecule has 1 atom stereocenters. The molecule has 0 radical (unpaired) electrons. The molecular formula is C22H31ClN4O3S. The molecule has 3 heterocycles. The van der Waals surface area contributed by atoms with Crippen molar-refractivity contribution >= 4 is 38.2 Å². The van der Waals surface area contributed by atoms with E-state index in [1.54, 1.807) is 6.20 Å². The van der Waals surface area contributed by atoms with Crippen LogP contribution in [0.3, 0.4) is 0 Å². The Bertz CT molecular complexity index is 1060. The molecule has 0 spiro atoms. The van der Waals surface area contributed by atoms with Crippen LogP contribution >= 0.6 is 11.6 Å². The molecule has 2 aromatic rings. The molecule has 1 saturated heterocycles. The van der Waals surface area contributed by atoms with Crippen LogP contribution in [-0.2, 0) is 16.4 Å². The maximum atomic E-state index is 12.6. The van der Waals surface area contributed by atoms with Crippen molar-refractivity contribution in [3.63, 3.8) is 0 Å². The smallest absolute Gasteiger partial charge is 0.160 e. The van der Waals surface area contributed by atoms with Crippen molar-refractivity contribution in [1.29, 1.82) is 0 Å². The molecule has 9 heteroatoms. The van der Waals surface area contributed by atoms with E-state index >= 15 is 0 Å². The third kappa shape index (κ3) is 4.07. The Balaban J connectivity index is 1.40. The van der Waals surface area contributed by atoms with Gasteiger partial charge in [0.1, 0.15) is 5.15 Å². The summed E-state index contributed by atoms with van der Waals surface area (Å²) in [7, 11) is -2.99. The number of rotatable bonds is 7. The van der Waals surface area contributed by atoms with E-state index in [-0.39, 0.29) is 28.9 Å². The van der Waals surface area contributed by atoms with Gasteiger partial charge in [-0.25, -0.2) is 13.4 Å². The molecule has 0 bridgehead atoms. The van der Waals surface area contributed by atoms with E-state index in [0.29, 0.717) is 18.2 Å². The maximum Gasteiger partial charge on any atom is 0.160 e. The summed E-state index contributed by atoms with van der Waals surface area (Å²) < 4.78 is 27.3. The van der Waals surface area contributed by atoms with Gasteiger partial charge in [-0.3, -0.25) is 4.68 Å². The van der Waals surface area contributed by atoms with Gasteiger partial charge in [0.15, 0.2) is 15.7 Å². The lowest BCUT2D eigenvalue weighted by atomic mass is 9.87. The van der Waals surface area contributed by atoms with Crippen molar-refractivity contribution in [3.8, 4) is 0 Å². The molecule has 2 aromatic heterocycles. The number of sulfone groups is 1. The number of fused-ring (bicyclic) bond motifs is 1. The number of aliphatic hydroxyl groups is 1. The first kappa shape index (κ1) is 21.5. The number of anilines is 1. The highest BCUT2D eigenvalue weighted by atomic mass is 35.5. The van der Waals surface area contributed by atoms with E-state index in [0.717, 1.165) is 74.6 Å². The van der Waals surface area contributed by atoms with Crippen LogP contribution in [-0.4, -0.2) is 59.0 Å². The van der Waals surface area contributed by atoms with E-state index in [2.05, 4.69) is 9.88 Å². The monoisotopic (exact) mass is 466 g/mol. The quantitative estimate of drug-likeness (QED) is 0.629. The van der Waals surface area contributed by atoms with Crippen molar-refractivity contribution in [2.45, 2.75) is 63.2 Å². The van der Waals surface area contributed by atoms with Gasteiger partial charge in [-0.15, -0.1) is 0 Å². The minimum Gasteiger partial charge on any atom is -0.396 e. The number of aromatic nitrogens is 3. The molecular weight excluding hydrogens is 436 g/mol. The van der Waals surface area contributed by atoms with Gasteiger partial charge in [0.25, 0.3) is 0 Å².